The quantitative estimate of drug-likeness (QED) is 0.475. The third-order valence-corrected chi connectivity index (χ3v) is 5.24. The highest BCUT2D eigenvalue weighted by Gasteiger charge is 2.26. The standard InChI is InChI=1S/C12H12INS/c13-14-9-5-1-3-7-11(9)15-12-8-4-2-6-10(12)14/h3-4,7-8H,1-2,5-6H2. The van der Waals surface area contributed by atoms with Crippen LogP contribution in [0.3, 0.4) is 0 Å². The van der Waals surface area contributed by atoms with Crippen molar-refractivity contribution in [3.63, 3.8) is 0 Å². The molecule has 15 heavy (non-hydrogen) atoms. The largest absolute Gasteiger partial charge is 0.289 e. The second-order valence-corrected chi connectivity index (χ2v) is 5.94. The molecule has 0 saturated heterocycles. The van der Waals surface area contributed by atoms with Crippen molar-refractivity contribution in [1.82, 2.24) is 3.11 Å². The Kier molecular flexibility index (Phi) is 2.68. The van der Waals surface area contributed by atoms with Crippen LogP contribution in [0.1, 0.15) is 25.7 Å². The van der Waals surface area contributed by atoms with Gasteiger partial charge in [-0.25, -0.2) is 0 Å². The highest BCUT2D eigenvalue weighted by atomic mass is 127. The van der Waals surface area contributed by atoms with Gasteiger partial charge in [-0.1, -0.05) is 36.1 Å². The van der Waals surface area contributed by atoms with E-state index in [4.69, 9.17) is 0 Å². The topological polar surface area (TPSA) is 3.24 Å². The number of hydrogen-bond donors (Lipinski definition) is 0. The fourth-order valence-electron chi connectivity index (χ4n) is 2.12. The Bertz CT molecular complexity index is 379. The molecule has 3 rings (SSSR count). The number of allylic oxidation sites excluding steroid dienone is 6. The molecule has 3 aliphatic rings. The highest BCUT2D eigenvalue weighted by Crippen LogP contribution is 2.47. The number of halogens is 1. The third kappa shape index (κ3) is 1.69. The highest BCUT2D eigenvalue weighted by molar-refractivity contribution is 14.1. The molecule has 0 amide bonds. The summed E-state index contributed by atoms with van der Waals surface area (Å²) < 4.78 is 2.39. The van der Waals surface area contributed by atoms with E-state index in [9.17, 15) is 0 Å². The van der Waals surface area contributed by atoms with E-state index < -0.39 is 0 Å². The molecule has 1 nitrogen and oxygen atoms in total. The molecule has 0 aromatic heterocycles. The lowest BCUT2D eigenvalue weighted by atomic mass is 10.1. The summed E-state index contributed by atoms with van der Waals surface area (Å²) in [7, 11) is 0. The van der Waals surface area contributed by atoms with Gasteiger partial charge >= 0.3 is 0 Å². The van der Waals surface area contributed by atoms with Crippen LogP contribution in [0.25, 0.3) is 0 Å². The molecule has 0 fully saturated rings. The SMILES string of the molecule is IN1C2=C(C=CCC2)SC2=C1CCC=C2. The van der Waals surface area contributed by atoms with E-state index in [1.54, 1.807) is 0 Å². The summed E-state index contributed by atoms with van der Waals surface area (Å²) in [5, 5.41) is 0. The summed E-state index contributed by atoms with van der Waals surface area (Å²) >= 11 is 4.40. The van der Waals surface area contributed by atoms with Crippen LogP contribution in [0, 0.1) is 0 Å². The van der Waals surface area contributed by atoms with Crippen LogP contribution in [0.2, 0.25) is 0 Å². The van der Waals surface area contributed by atoms with E-state index in [0.717, 1.165) is 0 Å². The maximum absolute atomic E-state index is 2.46. The van der Waals surface area contributed by atoms with E-state index >= 15 is 0 Å². The fourth-order valence-corrected chi connectivity index (χ4v) is 4.63. The second-order valence-electron chi connectivity index (χ2n) is 3.89. The summed E-state index contributed by atoms with van der Waals surface area (Å²) in [6.45, 7) is 0. The molecule has 0 aromatic rings. The number of nitrogens with zero attached hydrogens (tertiary/aromatic N) is 1. The van der Waals surface area contributed by atoms with Crippen molar-refractivity contribution in [3.05, 3.63) is 45.5 Å². The van der Waals surface area contributed by atoms with Crippen molar-refractivity contribution in [2.24, 2.45) is 0 Å². The van der Waals surface area contributed by atoms with Crippen molar-refractivity contribution >= 4 is 34.6 Å². The smallest absolute Gasteiger partial charge is 0.0640 e. The van der Waals surface area contributed by atoms with Gasteiger partial charge in [0.25, 0.3) is 0 Å². The lowest BCUT2D eigenvalue weighted by Crippen LogP contribution is -2.19. The predicted molar refractivity (Wildman–Crippen MR) is 74.3 cm³/mol. The summed E-state index contributed by atoms with van der Waals surface area (Å²) in [5.74, 6) is 0. The van der Waals surface area contributed by atoms with E-state index in [1.807, 2.05) is 11.8 Å². The Morgan fingerprint density at radius 2 is 1.53 bits per heavy atom. The minimum absolute atomic E-state index is 1.19. The summed E-state index contributed by atoms with van der Waals surface area (Å²) in [5.41, 5.74) is 3.02. The van der Waals surface area contributed by atoms with Crippen LogP contribution in [0.15, 0.2) is 45.5 Å². The first-order valence-corrected chi connectivity index (χ1v) is 7.07. The van der Waals surface area contributed by atoms with Gasteiger partial charge < -0.3 is 0 Å². The minimum Gasteiger partial charge on any atom is -0.289 e. The van der Waals surface area contributed by atoms with Gasteiger partial charge in [-0.05, 0) is 25.7 Å². The van der Waals surface area contributed by atoms with Gasteiger partial charge in [0.1, 0.15) is 0 Å². The van der Waals surface area contributed by atoms with Gasteiger partial charge in [0.15, 0.2) is 0 Å². The van der Waals surface area contributed by atoms with Crippen molar-refractivity contribution in [2.45, 2.75) is 25.7 Å². The molecule has 78 valence electrons. The molecule has 0 spiro atoms. The summed E-state index contributed by atoms with van der Waals surface area (Å²) in [4.78, 5) is 2.89. The molecular weight excluding hydrogens is 317 g/mol. The monoisotopic (exact) mass is 329 g/mol. The first-order chi connectivity index (χ1) is 7.36. The van der Waals surface area contributed by atoms with Gasteiger partial charge in [-0.15, -0.1) is 0 Å². The van der Waals surface area contributed by atoms with Gasteiger partial charge in [-0.2, -0.15) is 0 Å². The molecular formula is C12H12INS. The molecule has 3 heteroatoms. The minimum atomic E-state index is 1.19. The number of hydrogen-bond acceptors (Lipinski definition) is 2. The van der Waals surface area contributed by atoms with E-state index in [2.05, 4.69) is 50.3 Å². The summed E-state index contributed by atoms with van der Waals surface area (Å²) in [6.07, 6.45) is 13.9. The first-order valence-electron chi connectivity index (χ1n) is 5.29. The lowest BCUT2D eigenvalue weighted by Gasteiger charge is -2.33. The average Bonchev–Trinajstić information content (AvgIpc) is 2.30. The van der Waals surface area contributed by atoms with Gasteiger partial charge in [0.05, 0.1) is 22.9 Å². The number of thioether (sulfide) groups is 1. The van der Waals surface area contributed by atoms with Gasteiger partial charge in [0.2, 0.25) is 0 Å². The van der Waals surface area contributed by atoms with Crippen LogP contribution in [-0.4, -0.2) is 3.11 Å². The average molecular weight is 329 g/mol. The predicted octanol–water partition coefficient (Wildman–Crippen LogP) is 4.51. The first kappa shape index (κ1) is 10.0. The maximum Gasteiger partial charge on any atom is 0.0640 e. The van der Waals surface area contributed by atoms with Crippen LogP contribution < -0.4 is 0 Å². The molecule has 1 aliphatic heterocycles. The lowest BCUT2D eigenvalue weighted by molar-refractivity contribution is 0.640. The second kappa shape index (κ2) is 4.01. The summed E-state index contributed by atoms with van der Waals surface area (Å²) in [6, 6.07) is 0. The third-order valence-electron chi connectivity index (χ3n) is 2.90. The Balaban J connectivity index is 2.01. The normalized spacial score (nSPS) is 24.5. The molecule has 2 aliphatic carbocycles. The van der Waals surface area contributed by atoms with Crippen molar-refractivity contribution < 1.29 is 0 Å². The molecule has 0 atom stereocenters. The Labute approximate surface area is 108 Å². The number of rotatable bonds is 0. The van der Waals surface area contributed by atoms with Crippen LogP contribution in [0.4, 0.5) is 0 Å². The van der Waals surface area contributed by atoms with Gasteiger partial charge in [-0.3, -0.25) is 3.11 Å². The molecule has 0 N–H and O–H groups in total. The van der Waals surface area contributed by atoms with Crippen molar-refractivity contribution in [3.8, 4) is 0 Å². The zero-order valence-corrected chi connectivity index (χ0v) is 11.3. The Hall–Kier alpha value is -0.160. The molecule has 0 aromatic carbocycles. The molecule has 0 bridgehead atoms. The van der Waals surface area contributed by atoms with Crippen LogP contribution >= 0.6 is 34.6 Å². The van der Waals surface area contributed by atoms with Crippen molar-refractivity contribution in [2.75, 3.05) is 0 Å². The van der Waals surface area contributed by atoms with Crippen LogP contribution in [-0.2, 0) is 0 Å². The van der Waals surface area contributed by atoms with Crippen LogP contribution in [0.5, 0.6) is 0 Å². The molecule has 0 radical (unpaired) electrons. The van der Waals surface area contributed by atoms with E-state index in [-0.39, 0.29) is 0 Å². The zero-order valence-electron chi connectivity index (χ0n) is 8.37. The Morgan fingerprint density at radius 1 is 1.00 bits per heavy atom. The van der Waals surface area contributed by atoms with Crippen molar-refractivity contribution in [1.29, 1.82) is 0 Å². The van der Waals surface area contributed by atoms with E-state index in [1.165, 1.54) is 46.9 Å². The van der Waals surface area contributed by atoms with Gasteiger partial charge in [0, 0.05) is 21.2 Å². The maximum atomic E-state index is 2.46. The molecule has 1 heterocycles. The van der Waals surface area contributed by atoms with E-state index in [0.29, 0.717) is 0 Å². The fraction of sp³-hybridized carbons (Fsp3) is 0.333. The Morgan fingerprint density at radius 3 is 2.07 bits per heavy atom. The molecule has 0 saturated carbocycles. The molecule has 0 unspecified atom stereocenters. The zero-order chi connectivity index (χ0) is 10.3.